The zero-order chi connectivity index (χ0) is 15.1. The molecule has 0 spiro atoms. The Morgan fingerprint density at radius 1 is 1.15 bits per heavy atom. The second kappa shape index (κ2) is 4.93. The van der Waals surface area contributed by atoms with Gasteiger partial charge in [-0.2, -0.15) is 0 Å². The molecule has 2 amide bonds. The van der Waals surface area contributed by atoms with E-state index in [1.54, 1.807) is 18.7 Å². The molecule has 4 nitrogen and oxygen atoms in total. The number of carbonyl (C=O) groups excluding carboxylic acids is 2. The molecule has 0 saturated carbocycles. The minimum absolute atomic E-state index is 0.0522. The molecule has 1 aliphatic rings. The van der Waals surface area contributed by atoms with Crippen molar-refractivity contribution in [2.75, 3.05) is 4.90 Å². The molecular weight excluding hydrogens is 252 g/mol. The molecule has 1 heterocycles. The smallest absolute Gasteiger partial charge is 0.252 e. The summed E-state index contributed by atoms with van der Waals surface area (Å²) in [5.41, 5.74) is 1.04. The van der Waals surface area contributed by atoms with Crippen LogP contribution in [0.25, 0.3) is 0 Å². The van der Waals surface area contributed by atoms with E-state index in [0.29, 0.717) is 0 Å². The van der Waals surface area contributed by atoms with Crippen molar-refractivity contribution < 1.29 is 9.59 Å². The number of amides is 2. The summed E-state index contributed by atoms with van der Waals surface area (Å²) < 4.78 is 0. The second-order valence-electron chi connectivity index (χ2n) is 6.31. The molecule has 1 aromatic rings. The molecule has 0 radical (unpaired) electrons. The molecule has 1 aliphatic heterocycles. The fourth-order valence-electron chi connectivity index (χ4n) is 2.56. The van der Waals surface area contributed by atoms with Crippen LogP contribution in [-0.4, -0.2) is 23.4 Å². The standard InChI is InChI=1S/C16H22N2O2/c1-10(2)13-14(19)17-16(4,5)15(20)18(13)12-8-6-11(3)7-9-12/h6-10,13H,1-5H3,(H,17,19). The molecule has 2 rings (SSSR count). The summed E-state index contributed by atoms with van der Waals surface area (Å²) >= 11 is 0. The van der Waals surface area contributed by atoms with Crippen LogP contribution in [0.5, 0.6) is 0 Å². The first kappa shape index (κ1) is 14.6. The highest BCUT2D eigenvalue weighted by Gasteiger charge is 2.46. The highest BCUT2D eigenvalue weighted by atomic mass is 16.2. The van der Waals surface area contributed by atoms with Gasteiger partial charge in [0.1, 0.15) is 11.6 Å². The third kappa shape index (κ3) is 2.42. The van der Waals surface area contributed by atoms with Crippen molar-refractivity contribution in [3.63, 3.8) is 0 Å². The first-order chi connectivity index (χ1) is 9.24. The molecule has 0 aromatic heterocycles. The van der Waals surface area contributed by atoms with Crippen LogP contribution in [0.3, 0.4) is 0 Å². The highest BCUT2D eigenvalue weighted by molar-refractivity contribution is 6.10. The van der Waals surface area contributed by atoms with Gasteiger partial charge in [0, 0.05) is 5.69 Å². The molecule has 1 aromatic carbocycles. The van der Waals surface area contributed by atoms with Gasteiger partial charge in [-0.05, 0) is 38.8 Å². The minimum atomic E-state index is -0.868. The van der Waals surface area contributed by atoms with Crippen LogP contribution in [0.1, 0.15) is 33.3 Å². The van der Waals surface area contributed by atoms with Crippen LogP contribution in [0.2, 0.25) is 0 Å². The van der Waals surface area contributed by atoms with Crippen LogP contribution in [0.4, 0.5) is 5.69 Å². The highest BCUT2D eigenvalue weighted by Crippen LogP contribution is 2.28. The van der Waals surface area contributed by atoms with E-state index in [0.717, 1.165) is 11.3 Å². The SMILES string of the molecule is Cc1ccc(N2C(=O)C(C)(C)NC(=O)C2C(C)C)cc1. The van der Waals surface area contributed by atoms with Crippen molar-refractivity contribution in [1.82, 2.24) is 5.32 Å². The average molecular weight is 274 g/mol. The summed E-state index contributed by atoms with van der Waals surface area (Å²) in [4.78, 5) is 26.7. The normalized spacial score (nSPS) is 22.1. The number of anilines is 1. The molecule has 4 heteroatoms. The quantitative estimate of drug-likeness (QED) is 0.899. The lowest BCUT2D eigenvalue weighted by Gasteiger charge is -2.44. The monoisotopic (exact) mass is 274 g/mol. The van der Waals surface area contributed by atoms with E-state index in [2.05, 4.69) is 5.32 Å². The molecule has 20 heavy (non-hydrogen) atoms. The van der Waals surface area contributed by atoms with E-state index in [4.69, 9.17) is 0 Å². The Morgan fingerprint density at radius 3 is 2.20 bits per heavy atom. The van der Waals surface area contributed by atoms with Gasteiger partial charge in [0.25, 0.3) is 5.91 Å². The Balaban J connectivity index is 2.50. The maximum atomic E-state index is 12.7. The van der Waals surface area contributed by atoms with Gasteiger partial charge in [-0.15, -0.1) is 0 Å². The van der Waals surface area contributed by atoms with Gasteiger partial charge in [-0.1, -0.05) is 31.5 Å². The number of aryl methyl sites for hydroxylation is 1. The lowest BCUT2D eigenvalue weighted by Crippen LogP contribution is -2.69. The summed E-state index contributed by atoms with van der Waals surface area (Å²) in [5, 5.41) is 2.82. The second-order valence-corrected chi connectivity index (χ2v) is 6.31. The first-order valence-corrected chi connectivity index (χ1v) is 6.96. The van der Waals surface area contributed by atoms with Crippen molar-refractivity contribution in [1.29, 1.82) is 0 Å². The van der Waals surface area contributed by atoms with Crippen LogP contribution in [0.15, 0.2) is 24.3 Å². The minimum Gasteiger partial charge on any atom is -0.340 e. The molecular formula is C16H22N2O2. The Hall–Kier alpha value is -1.84. The molecule has 1 N–H and O–H groups in total. The van der Waals surface area contributed by atoms with Crippen LogP contribution < -0.4 is 10.2 Å². The van der Waals surface area contributed by atoms with Gasteiger partial charge in [-0.3, -0.25) is 14.5 Å². The first-order valence-electron chi connectivity index (χ1n) is 6.96. The van der Waals surface area contributed by atoms with Crippen molar-refractivity contribution in [3.05, 3.63) is 29.8 Å². The van der Waals surface area contributed by atoms with Crippen molar-refractivity contribution >= 4 is 17.5 Å². The summed E-state index contributed by atoms with van der Waals surface area (Å²) in [7, 11) is 0. The maximum absolute atomic E-state index is 12.7. The van der Waals surface area contributed by atoms with E-state index in [9.17, 15) is 9.59 Å². The lowest BCUT2D eigenvalue weighted by molar-refractivity contribution is -0.138. The van der Waals surface area contributed by atoms with Crippen LogP contribution in [0, 0.1) is 12.8 Å². The van der Waals surface area contributed by atoms with Crippen LogP contribution >= 0.6 is 0 Å². The maximum Gasteiger partial charge on any atom is 0.252 e. The average Bonchev–Trinajstić information content (AvgIpc) is 2.33. The largest absolute Gasteiger partial charge is 0.340 e. The molecule has 1 atom stereocenters. The van der Waals surface area contributed by atoms with Gasteiger partial charge in [0.2, 0.25) is 5.91 Å². The van der Waals surface area contributed by atoms with E-state index in [-0.39, 0.29) is 17.7 Å². The fourth-order valence-corrected chi connectivity index (χ4v) is 2.56. The summed E-state index contributed by atoms with van der Waals surface area (Å²) in [6.45, 7) is 9.39. The summed E-state index contributed by atoms with van der Waals surface area (Å²) in [6, 6.07) is 7.26. The third-order valence-electron chi connectivity index (χ3n) is 3.68. The topological polar surface area (TPSA) is 49.4 Å². The van der Waals surface area contributed by atoms with E-state index >= 15 is 0 Å². The predicted molar refractivity (Wildman–Crippen MR) is 79.5 cm³/mol. The molecule has 1 saturated heterocycles. The zero-order valence-electron chi connectivity index (χ0n) is 12.7. The summed E-state index contributed by atoms with van der Waals surface area (Å²) in [6.07, 6.45) is 0. The number of nitrogens with zero attached hydrogens (tertiary/aromatic N) is 1. The summed E-state index contributed by atoms with van der Waals surface area (Å²) in [5.74, 6) is -0.110. The van der Waals surface area contributed by atoms with Crippen molar-refractivity contribution in [2.45, 2.75) is 46.2 Å². The zero-order valence-corrected chi connectivity index (χ0v) is 12.7. The Kier molecular flexibility index (Phi) is 3.59. The number of hydrogen-bond acceptors (Lipinski definition) is 2. The molecule has 1 fully saturated rings. The number of hydrogen-bond donors (Lipinski definition) is 1. The molecule has 108 valence electrons. The van der Waals surface area contributed by atoms with Gasteiger partial charge in [0.15, 0.2) is 0 Å². The van der Waals surface area contributed by atoms with Gasteiger partial charge in [0.05, 0.1) is 0 Å². The molecule has 0 aliphatic carbocycles. The van der Waals surface area contributed by atoms with E-state index in [1.165, 1.54) is 0 Å². The Labute approximate surface area is 120 Å². The number of piperazine rings is 1. The van der Waals surface area contributed by atoms with Crippen LogP contribution in [-0.2, 0) is 9.59 Å². The Bertz CT molecular complexity index is 532. The number of nitrogens with one attached hydrogen (secondary N) is 1. The van der Waals surface area contributed by atoms with E-state index in [1.807, 2.05) is 45.0 Å². The lowest BCUT2D eigenvalue weighted by atomic mass is 9.91. The van der Waals surface area contributed by atoms with E-state index < -0.39 is 11.6 Å². The van der Waals surface area contributed by atoms with Gasteiger partial charge < -0.3 is 5.32 Å². The molecule has 0 bridgehead atoms. The van der Waals surface area contributed by atoms with Gasteiger partial charge in [-0.25, -0.2) is 0 Å². The van der Waals surface area contributed by atoms with Crippen molar-refractivity contribution in [2.24, 2.45) is 5.92 Å². The Morgan fingerprint density at radius 2 is 1.70 bits per heavy atom. The predicted octanol–water partition coefficient (Wildman–Crippen LogP) is 2.26. The van der Waals surface area contributed by atoms with Crippen molar-refractivity contribution in [3.8, 4) is 0 Å². The van der Waals surface area contributed by atoms with Gasteiger partial charge >= 0.3 is 0 Å². The third-order valence-corrected chi connectivity index (χ3v) is 3.68. The number of rotatable bonds is 2. The molecule has 1 unspecified atom stereocenters. The number of carbonyl (C=O) groups is 2. The number of benzene rings is 1. The fraction of sp³-hybridized carbons (Fsp3) is 0.500.